The van der Waals surface area contributed by atoms with Crippen molar-refractivity contribution in [2.24, 2.45) is 17.8 Å². The predicted octanol–water partition coefficient (Wildman–Crippen LogP) is 2.41. The van der Waals surface area contributed by atoms with Crippen LogP contribution in [0.3, 0.4) is 0 Å². The zero-order chi connectivity index (χ0) is 43.5. The molecule has 15 nitrogen and oxygen atoms in total. The summed E-state index contributed by atoms with van der Waals surface area (Å²) < 4.78 is 38.7. The van der Waals surface area contributed by atoms with E-state index in [1.54, 1.807) is 34.8 Å². The number of likely N-dealkylation sites (N-methyl/N-ethyl adjacent to an activating group) is 1. The van der Waals surface area contributed by atoms with E-state index in [-0.39, 0.29) is 37.3 Å². The lowest BCUT2D eigenvalue weighted by molar-refractivity contribution is -0.339. The topological polar surface area (TPSA) is 192 Å². The quantitative estimate of drug-likeness (QED) is 0.186. The lowest BCUT2D eigenvalue weighted by Crippen LogP contribution is -2.70. The third-order valence-electron chi connectivity index (χ3n) is 14.1. The van der Waals surface area contributed by atoms with Gasteiger partial charge in [-0.3, -0.25) is 4.79 Å². The number of carbonyl (C=O) groups excluding carboxylic acids is 1. The first-order chi connectivity index (χ1) is 26.9. The molecule has 0 aromatic rings. The summed E-state index contributed by atoms with van der Waals surface area (Å²) in [6.07, 6.45) is -4.20. The summed E-state index contributed by atoms with van der Waals surface area (Å²) in [5.74, 6) is -2.64. The number of methoxy groups -OCH3 is 1. The average molecular weight is 832 g/mol. The Hall–Kier alpha value is -1.05. The molecule has 4 rings (SSSR count). The largest absolute Gasteiger partial charge is 0.459 e. The number of hydrogen-bond acceptors (Lipinski definition) is 15. The highest BCUT2D eigenvalue weighted by atomic mass is 16.7. The Bertz CT molecular complexity index is 1300. The summed E-state index contributed by atoms with van der Waals surface area (Å²) in [6, 6.07) is -0.872. The maximum atomic E-state index is 14.4. The molecule has 15 heteroatoms. The van der Waals surface area contributed by atoms with Crippen LogP contribution in [0.15, 0.2) is 0 Å². The minimum Gasteiger partial charge on any atom is -0.459 e. The van der Waals surface area contributed by atoms with E-state index < -0.39 is 95.5 Å². The lowest BCUT2D eigenvalue weighted by Gasteiger charge is -2.55. The Labute approximate surface area is 348 Å². The van der Waals surface area contributed by atoms with E-state index in [1.165, 1.54) is 6.92 Å². The van der Waals surface area contributed by atoms with E-state index in [9.17, 15) is 30.3 Å². The highest BCUT2D eigenvalue weighted by Crippen LogP contribution is 2.44. The molecule has 0 aromatic heterocycles. The Balaban J connectivity index is 1.79. The van der Waals surface area contributed by atoms with Gasteiger partial charge in [0.2, 0.25) is 0 Å². The van der Waals surface area contributed by atoms with Crippen LogP contribution in [0.25, 0.3) is 0 Å². The van der Waals surface area contributed by atoms with Crippen LogP contribution in [0.4, 0.5) is 0 Å². The Morgan fingerprint density at radius 3 is 2.16 bits per heavy atom. The van der Waals surface area contributed by atoms with Gasteiger partial charge in [0.15, 0.2) is 12.6 Å². The zero-order valence-corrected chi connectivity index (χ0v) is 37.8. The Kier molecular flexibility index (Phi) is 17.1. The van der Waals surface area contributed by atoms with Crippen molar-refractivity contribution in [1.29, 1.82) is 0 Å². The van der Waals surface area contributed by atoms with Gasteiger partial charge >= 0.3 is 5.97 Å². The molecular formula is C43H81N3O12. The fraction of sp³-hybridized carbons (Fsp3) is 0.977. The molecule has 4 aliphatic heterocycles. The van der Waals surface area contributed by atoms with Crippen molar-refractivity contribution in [3.8, 4) is 0 Å². The van der Waals surface area contributed by atoms with Crippen LogP contribution in [-0.4, -0.2) is 178 Å². The van der Waals surface area contributed by atoms with Crippen LogP contribution in [0.2, 0.25) is 0 Å². The molecular weight excluding hydrogens is 750 g/mol. The van der Waals surface area contributed by atoms with Crippen molar-refractivity contribution in [3.05, 3.63) is 0 Å². The number of ether oxygens (including phenoxy) is 6. The molecule has 0 saturated carbocycles. The third-order valence-corrected chi connectivity index (χ3v) is 14.1. The fourth-order valence-electron chi connectivity index (χ4n) is 10.2. The minimum atomic E-state index is -1.81. The molecule has 4 aliphatic rings. The predicted molar refractivity (Wildman–Crippen MR) is 219 cm³/mol. The van der Waals surface area contributed by atoms with Crippen molar-refractivity contribution < 1.29 is 58.7 Å². The van der Waals surface area contributed by atoms with Gasteiger partial charge in [-0.05, 0) is 120 Å². The number of aliphatic hydroxyl groups excluding tert-OH is 2. The number of likely N-dealkylation sites (tertiary alicyclic amines) is 1. The summed E-state index contributed by atoms with van der Waals surface area (Å²) in [5, 5.41) is 63.0. The van der Waals surface area contributed by atoms with E-state index >= 15 is 0 Å². The number of carbonyl (C=O) groups is 1. The number of hydrogen-bond donors (Lipinski definition) is 6. The molecule has 18 atom stereocenters. The fourth-order valence-corrected chi connectivity index (χ4v) is 10.2. The molecule has 0 unspecified atom stereocenters. The number of esters is 1. The van der Waals surface area contributed by atoms with E-state index in [4.69, 9.17) is 28.4 Å². The molecule has 0 aliphatic carbocycles. The molecule has 58 heavy (non-hydrogen) atoms. The summed E-state index contributed by atoms with van der Waals surface area (Å²) in [7, 11) is 5.36. The second kappa shape index (κ2) is 20.0. The highest BCUT2D eigenvalue weighted by molar-refractivity contribution is 5.73. The van der Waals surface area contributed by atoms with Crippen LogP contribution in [0.1, 0.15) is 114 Å². The Morgan fingerprint density at radius 1 is 0.931 bits per heavy atom. The van der Waals surface area contributed by atoms with Crippen molar-refractivity contribution in [3.63, 3.8) is 0 Å². The first-order valence-corrected chi connectivity index (χ1v) is 21.9. The lowest BCUT2D eigenvalue weighted by atomic mass is 9.74. The second-order valence-electron chi connectivity index (χ2n) is 19.4. The van der Waals surface area contributed by atoms with Crippen LogP contribution in [0, 0.1) is 17.8 Å². The van der Waals surface area contributed by atoms with E-state index in [0.29, 0.717) is 19.5 Å². The monoisotopic (exact) mass is 832 g/mol. The number of piperidine rings is 1. The maximum absolute atomic E-state index is 14.4. The summed E-state index contributed by atoms with van der Waals surface area (Å²) in [5.41, 5.74) is -5.88. The van der Waals surface area contributed by atoms with Crippen LogP contribution < -0.4 is 5.32 Å². The molecule has 4 fully saturated rings. The van der Waals surface area contributed by atoms with Crippen molar-refractivity contribution in [1.82, 2.24) is 15.1 Å². The smallest absolute Gasteiger partial charge is 0.311 e. The summed E-state index contributed by atoms with van der Waals surface area (Å²) in [6.45, 7) is 20.3. The summed E-state index contributed by atoms with van der Waals surface area (Å²) >= 11 is 0. The molecule has 4 saturated heterocycles. The van der Waals surface area contributed by atoms with Crippen molar-refractivity contribution in [2.75, 3.05) is 47.4 Å². The van der Waals surface area contributed by atoms with Crippen LogP contribution in [-0.2, 0) is 33.2 Å². The molecule has 0 radical (unpaired) electrons. The molecule has 0 aromatic carbocycles. The maximum Gasteiger partial charge on any atom is 0.311 e. The van der Waals surface area contributed by atoms with Gasteiger partial charge < -0.3 is 69.1 Å². The van der Waals surface area contributed by atoms with E-state index in [0.717, 1.165) is 32.4 Å². The van der Waals surface area contributed by atoms with E-state index in [1.807, 2.05) is 53.6 Å². The van der Waals surface area contributed by atoms with Crippen molar-refractivity contribution in [2.45, 2.75) is 204 Å². The zero-order valence-electron chi connectivity index (χ0n) is 37.8. The van der Waals surface area contributed by atoms with Gasteiger partial charge in [0.25, 0.3) is 0 Å². The van der Waals surface area contributed by atoms with Gasteiger partial charge in [-0.2, -0.15) is 0 Å². The number of rotatable bonds is 9. The first-order valence-electron chi connectivity index (χ1n) is 21.9. The van der Waals surface area contributed by atoms with Crippen LogP contribution in [0.5, 0.6) is 0 Å². The highest BCUT2D eigenvalue weighted by Gasteiger charge is 2.59. The minimum absolute atomic E-state index is 0.122. The van der Waals surface area contributed by atoms with Gasteiger partial charge in [-0.25, -0.2) is 0 Å². The third kappa shape index (κ3) is 10.9. The number of aliphatic hydroxyl groups is 5. The SMILES string of the molecule is CC[C@H]1OC(=O)[C@H](C)[C@@H](O[C@H]2C[C@@](C)(OC)[C@](O)(CN3CCCCC3)[C@H](C)O2)[C@H](C)[C@@H](O[C@@H]2O[C@H](C)C[C@H](N(C)C)[C@H]2O)[C@](C)(O)C[C@@H](C)CN[C@H](C)[C@@H](O)[C@]1(C)O. The molecule has 0 amide bonds. The van der Waals surface area contributed by atoms with Crippen molar-refractivity contribution >= 4 is 5.97 Å². The Morgan fingerprint density at radius 2 is 1.57 bits per heavy atom. The van der Waals surface area contributed by atoms with Gasteiger partial charge in [0.1, 0.15) is 35.1 Å². The van der Waals surface area contributed by atoms with Gasteiger partial charge in [0, 0.05) is 38.1 Å². The van der Waals surface area contributed by atoms with Gasteiger partial charge in [-0.1, -0.05) is 27.2 Å². The van der Waals surface area contributed by atoms with Gasteiger partial charge in [0.05, 0.1) is 35.9 Å². The molecule has 0 bridgehead atoms. The number of cyclic esters (lactones) is 1. The molecule has 6 N–H and O–H groups in total. The number of nitrogens with one attached hydrogen (secondary N) is 1. The first kappa shape index (κ1) is 49.6. The average Bonchev–Trinajstić information content (AvgIpc) is 3.15. The normalized spacial score (nSPS) is 48.6. The van der Waals surface area contributed by atoms with Crippen LogP contribution >= 0.6 is 0 Å². The molecule has 340 valence electrons. The van der Waals surface area contributed by atoms with Gasteiger partial charge in [-0.15, -0.1) is 0 Å². The molecule has 0 spiro atoms. The number of nitrogens with zero attached hydrogens (tertiary/aromatic N) is 2. The number of β-amino-alcohol motifs (C(OH)–C–C–N with tert-alkyl or cyclic N) is 1. The molecule has 4 heterocycles. The standard InChI is InChI=1S/C43H81N3O12/c1-14-32-42(10,51)36(48)29(6)44-23-25(2)21-40(8,50)37(58-39-34(47)31(45(11)12)20-26(3)54-39)27(4)35(28(5)38(49)56-32)57-33-22-41(9,53-13)43(52,30(7)55-33)24-46-18-16-15-17-19-46/h25-37,39,44,47-48,50-52H,14-24H2,1-13H3/t25-,26-,27+,28-,29-,30+,31+,32-,33+,34-,35+,36-,37-,39+,40-,41-,42-,43+/m1/s1. The van der Waals surface area contributed by atoms with E-state index in [2.05, 4.69) is 10.2 Å². The second-order valence-corrected chi connectivity index (χ2v) is 19.4. The summed E-state index contributed by atoms with van der Waals surface area (Å²) in [4.78, 5) is 18.6.